The van der Waals surface area contributed by atoms with E-state index in [1.54, 1.807) is 0 Å². The lowest BCUT2D eigenvalue weighted by atomic mass is 9.71. The molecule has 1 rings (SSSR count). The molecule has 2 nitrogen and oxygen atoms in total. The van der Waals surface area contributed by atoms with Gasteiger partial charge in [-0.15, -0.1) is 0 Å². The van der Waals surface area contributed by atoms with Crippen LogP contribution < -0.4 is 0 Å². The molecular formula is C15H30O2. The molecule has 17 heavy (non-hydrogen) atoms. The number of hydrogen-bond acceptors (Lipinski definition) is 2. The fourth-order valence-corrected chi connectivity index (χ4v) is 3.27. The molecule has 1 saturated carbocycles. The maximum absolute atomic E-state index is 9.24. The van der Waals surface area contributed by atoms with Gasteiger partial charge in [-0.05, 0) is 30.6 Å². The minimum absolute atomic E-state index is 0.0900. The molecule has 0 aliphatic heterocycles. The maximum atomic E-state index is 9.24. The van der Waals surface area contributed by atoms with Gasteiger partial charge < -0.3 is 10.2 Å². The first-order valence-electron chi connectivity index (χ1n) is 7.44. The zero-order valence-corrected chi connectivity index (χ0v) is 11.6. The highest BCUT2D eigenvalue weighted by Gasteiger charge is 2.28. The van der Waals surface area contributed by atoms with Crippen molar-refractivity contribution in [2.24, 2.45) is 23.7 Å². The Labute approximate surface area is 106 Å². The summed E-state index contributed by atoms with van der Waals surface area (Å²) < 4.78 is 0. The molecule has 1 aliphatic carbocycles. The Balaban J connectivity index is 2.30. The summed E-state index contributed by atoms with van der Waals surface area (Å²) in [5, 5.41) is 18.5. The zero-order chi connectivity index (χ0) is 12.7. The first kappa shape index (κ1) is 15.0. The fourth-order valence-electron chi connectivity index (χ4n) is 3.27. The molecule has 0 amide bonds. The van der Waals surface area contributed by atoms with Crippen LogP contribution in [0, 0.1) is 23.7 Å². The van der Waals surface area contributed by atoms with Gasteiger partial charge in [0.15, 0.2) is 0 Å². The van der Waals surface area contributed by atoms with Crippen molar-refractivity contribution in [2.75, 3.05) is 13.2 Å². The van der Waals surface area contributed by atoms with Gasteiger partial charge in [0.2, 0.25) is 0 Å². The van der Waals surface area contributed by atoms with Crippen LogP contribution >= 0.6 is 0 Å². The number of hydrogen-bond donors (Lipinski definition) is 2. The van der Waals surface area contributed by atoms with Crippen molar-refractivity contribution in [3.05, 3.63) is 0 Å². The van der Waals surface area contributed by atoms with Crippen LogP contribution in [-0.4, -0.2) is 23.4 Å². The van der Waals surface area contributed by atoms with Crippen LogP contribution in [0.5, 0.6) is 0 Å². The molecule has 1 unspecified atom stereocenters. The van der Waals surface area contributed by atoms with Crippen molar-refractivity contribution < 1.29 is 10.2 Å². The van der Waals surface area contributed by atoms with Crippen LogP contribution in [0.25, 0.3) is 0 Å². The van der Waals surface area contributed by atoms with Crippen LogP contribution in [0.1, 0.15) is 58.8 Å². The molecule has 2 N–H and O–H groups in total. The van der Waals surface area contributed by atoms with Gasteiger partial charge in [-0.1, -0.05) is 46.0 Å². The molecule has 0 saturated heterocycles. The quantitative estimate of drug-likeness (QED) is 0.719. The lowest BCUT2D eigenvalue weighted by Crippen LogP contribution is -2.29. The Hall–Kier alpha value is -0.0800. The third-order valence-corrected chi connectivity index (χ3v) is 4.81. The van der Waals surface area contributed by atoms with Crippen molar-refractivity contribution >= 4 is 0 Å². The van der Waals surface area contributed by atoms with E-state index in [4.69, 9.17) is 0 Å². The second-order valence-corrected chi connectivity index (χ2v) is 5.91. The molecule has 0 aromatic heterocycles. The highest BCUT2D eigenvalue weighted by atomic mass is 16.3. The summed E-state index contributed by atoms with van der Waals surface area (Å²) >= 11 is 0. The maximum Gasteiger partial charge on any atom is 0.0483 e. The smallest absolute Gasteiger partial charge is 0.0483 e. The lowest BCUT2D eigenvalue weighted by molar-refractivity contribution is 0.0685. The van der Waals surface area contributed by atoms with Gasteiger partial charge in [0.25, 0.3) is 0 Å². The Bertz CT molecular complexity index is 181. The van der Waals surface area contributed by atoms with E-state index in [0.717, 1.165) is 11.8 Å². The van der Waals surface area contributed by atoms with E-state index < -0.39 is 0 Å². The highest BCUT2D eigenvalue weighted by molar-refractivity contribution is 4.79. The molecule has 0 aromatic rings. The van der Waals surface area contributed by atoms with Crippen molar-refractivity contribution in [1.29, 1.82) is 0 Å². The van der Waals surface area contributed by atoms with E-state index in [0.29, 0.717) is 5.92 Å². The second kappa shape index (κ2) is 8.10. The van der Waals surface area contributed by atoms with E-state index in [9.17, 15) is 10.2 Å². The number of unbranched alkanes of at least 4 members (excludes halogenated alkanes) is 1. The lowest BCUT2D eigenvalue weighted by Gasteiger charge is -2.35. The molecule has 2 heteroatoms. The first-order chi connectivity index (χ1) is 8.22. The van der Waals surface area contributed by atoms with Gasteiger partial charge in [-0.2, -0.15) is 0 Å². The fraction of sp³-hybridized carbons (Fsp3) is 1.00. The van der Waals surface area contributed by atoms with Crippen LogP contribution in [0.4, 0.5) is 0 Å². The SMILES string of the molecule is CCCCC1CCC(C(C)C(CO)CO)CC1. The van der Waals surface area contributed by atoms with Crippen LogP contribution in [0.3, 0.4) is 0 Å². The van der Waals surface area contributed by atoms with E-state index in [1.807, 2.05) is 0 Å². The summed E-state index contributed by atoms with van der Waals surface area (Å²) in [5.41, 5.74) is 0. The average Bonchev–Trinajstić information content (AvgIpc) is 2.38. The van der Waals surface area contributed by atoms with Crippen LogP contribution in [-0.2, 0) is 0 Å². The van der Waals surface area contributed by atoms with E-state index in [-0.39, 0.29) is 19.1 Å². The monoisotopic (exact) mass is 242 g/mol. The predicted molar refractivity (Wildman–Crippen MR) is 71.8 cm³/mol. The van der Waals surface area contributed by atoms with Gasteiger partial charge in [0.1, 0.15) is 0 Å². The summed E-state index contributed by atoms with van der Waals surface area (Å²) in [6.07, 6.45) is 9.41. The molecule has 0 aromatic carbocycles. The molecule has 0 radical (unpaired) electrons. The highest BCUT2D eigenvalue weighted by Crippen LogP contribution is 2.37. The standard InChI is InChI=1S/C15H30O2/c1-3-4-5-13-6-8-14(9-7-13)12(2)15(10-16)11-17/h12-17H,3-11H2,1-2H3. The third-order valence-electron chi connectivity index (χ3n) is 4.81. The Morgan fingerprint density at radius 2 is 1.65 bits per heavy atom. The van der Waals surface area contributed by atoms with Crippen molar-refractivity contribution in [3.63, 3.8) is 0 Å². The average molecular weight is 242 g/mol. The largest absolute Gasteiger partial charge is 0.396 e. The molecule has 0 bridgehead atoms. The Kier molecular flexibility index (Phi) is 7.14. The molecule has 0 heterocycles. The second-order valence-electron chi connectivity index (χ2n) is 5.91. The van der Waals surface area contributed by atoms with E-state index in [1.165, 1.54) is 44.9 Å². The van der Waals surface area contributed by atoms with Gasteiger partial charge >= 0.3 is 0 Å². The van der Waals surface area contributed by atoms with Gasteiger partial charge in [0.05, 0.1) is 0 Å². The van der Waals surface area contributed by atoms with Crippen molar-refractivity contribution in [3.8, 4) is 0 Å². The van der Waals surface area contributed by atoms with Crippen LogP contribution in [0.15, 0.2) is 0 Å². The van der Waals surface area contributed by atoms with Gasteiger partial charge in [0, 0.05) is 19.1 Å². The summed E-state index contributed by atoms with van der Waals surface area (Å²) in [6, 6.07) is 0. The van der Waals surface area contributed by atoms with Gasteiger partial charge in [-0.3, -0.25) is 0 Å². The summed E-state index contributed by atoms with van der Waals surface area (Å²) in [6.45, 7) is 4.73. The minimum Gasteiger partial charge on any atom is -0.396 e. The first-order valence-corrected chi connectivity index (χ1v) is 7.44. The van der Waals surface area contributed by atoms with Crippen LogP contribution in [0.2, 0.25) is 0 Å². The number of aliphatic hydroxyl groups excluding tert-OH is 2. The zero-order valence-electron chi connectivity index (χ0n) is 11.6. The topological polar surface area (TPSA) is 40.5 Å². The molecular weight excluding hydrogens is 212 g/mol. The molecule has 0 spiro atoms. The summed E-state index contributed by atoms with van der Waals surface area (Å²) in [7, 11) is 0. The minimum atomic E-state index is 0.0900. The molecule has 1 aliphatic rings. The molecule has 1 fully saturated rings. The summed E-state index contributed by atoms with van der Waals surface area (Å²) in [4.78, 5) is 0. The van der Waals surface area contributed by atoms with E-state index in [2.05, 4.69) is 13.8 Å². The molecule has 102 valence electrons. The van der Waals surface area contributed by atoms with Gasteiger partial charge in [-0.25, -0.2) is 0 Å². The molecule has 1 atom stereocenters. The number of aliphatic hydroxyl groups is 2. The van der Waals surface area contributed by atoms with Crippen molar-refractivity contribution in [2.45, 2.75) is 58.8 Å². The normalized spacial score (nSPS) is 27.4. The third kappa shape index (κ3) is 4.59. The Morgan fingerprint density at radius 3 is 2.12 bits per heavy atom. The van der Waals surface area contributed by atoms with Crippen molar-refractivity contribution in [1.82, 2.24) is 0 Å². The predicted octanol–water partition coefficient (Wildman–Crippen LogP) is 3.22. The Morgan fingerprint density at radius 1 is 1.06 bits per heavy atom. The summed E-state index contributed by atoms with van der Waals surface area (Å²) in [5.74, 6) is 2.22. The van der Waals surface area contributed by atoms with E-state index >= 15 is 0 Å². The number of rotatable bonds is 7.